The lowest BCUT2D eigenvalue weighted by Gasteiger charge is -2.18. The SMILES string of the molecule is COCCNCC(=O)Nc1cccc(CS(=O)C(C)(C)C)c1.Cl. The normalized spacial score (nSPS) is 12.3. The molecule has 5 nitrogen and oxygen atoms in total. The quantitative estimate of drug-likeness (QED) is 0.696. The summed E-state index contributed by atoms with van der Waals surface area (Å²) in [5.74, 6) is 0.379. The molecule has 1 aromatic carbocycles. The van der Waals surface area contributed by atoms with Crippen LogP contribution < -0.4 is 10.6 Å². The molecule has 0 aliphatic rings. The van der Waals surface area contributed by atoms with E-state index in [1.54, 1.807) is 7.11 Å². The van der Waals surface area contributed by atoms with E-state index in [4.69, 9.17) is 4.74 Å². The number of rotatable bonds is 8. The van der Waals surface area contributed by atoms with Gasteiger partial charge in [0, 0.05) is 40.6 Å². The van der Waals surface area contributed by atoms with Crippen molar-refractivity contribution in [2.24, 2.45) is 0 Å². The van der Waals surface area contributed by atoms with Gasteiger partial charge in [0.1, 0.15) is 0 Å². The second-order valence-corrected chi connectivity index (χ2v) is 8.22. The van der Waals surface area contributed by atoms with Crippen LogP contribution in [0.5, 0.6) is 0 Å². The van der Waals surface area contributed by atoms with E-state index in [0.29, 0.717) is 18.9 Å². The molecule has 1 rings (SSSR count). The number of benzene rings is 1. The van der Waals surface area contributed by atoms with E-state index in [1.807, 2.05) is 45.0 Å². The minimum Gasteiger partial charge on any atom is -0.383 e. The summed E-state index contributed by atoms with van der Waals surface area (Å²) in [6.45, 7) is 7.32. The van der Waals surface area contributed by atoms with E-state index in [0.717, 1.165) is 11.3 Å². The van der Waals surface area contributed by atoms with Crippen molar-refractivity contribution in [3.63, 3.8) is 0 Å². The highest BCUT2D eigenvalue weighted by atomic mass is 35.5. The van der Waals surface area contributed by atoms with Gasteiger partial charge in [0.05, 0.1) is 13.2 Å². The first-order valence-electron chi connectivity index (χ1n) is 7.30. The van der Waals surface area contributed by atoms with E-state index in [2.05, 4.69) is 10.6 Å². The molecule has 0 aromatic heterocycles. The monoisotopic (exact) mass is 362 g/mol. The van der Waals surface area contributed by atoms with Gasteiger partial charge in [-0.3, -0.25) is 9.00 Å². The Kier molecular flexibility index (Phi) is 10.3. The molecule has 0 aliphatic heterocycles. The van der Waals surface area contributed by atoms with Crippen LogP contribution in [0, 0.1) is 0 Å². The largest absolute Gasteiger partial charge is 0.383 e. The first-order chi connectivity index (χ1) is 10.3. The smallest absolute Gasteiger partial charge is 0.238 e. The van der Waals surface area contributed by atoms with Crippen molar-refractivity contribution in [3.05, 3.63) is 29.8 Å². The van der Waals surface area contributed by atoms with Crippen molar-refractivity contribution >= 4 is 34.8 Å². The number of anilines is 1. The van der Waals surface area contributed by atoms with Crippen molar-refractivity contribution in [1.82, 2.24) is 5.32 Å². The van der Waals surface area contributed by atoms with Gasteiger partial charge < -0.3 is 15.4 Å². The van der Waals surface area contributed by atoms with Crippen molar-refractivity contribution in [2.45, 2.75) is 31.3 Å². The van der Waals surface area contributed by atoms with E-state index < -0.39 is 10.8 Å². The summed E-state index contributed by atoms with van der Waals surface area (Å²) in [6, 6.07) is 7.49. The zero-order valence-corrected chi connectivity index (χ0v) is 15.8. The Morgan fingerprint density at radius 1 is 1.30 bits per heavy atom. The zero-order chi connectivity index (χ0) is 16.6. The molecule has 2 N–H and O–H groups in total. The lowest BCUT2D eigenvalue weighted by molar-refractivity contribution is -0.115. The Bertz CT molecular complexity index is 518. The van der Waals surface area contributed by atoms with E-state index in [-0.39, 0.29) is 29.6 Å². The Balaban J connectivity index is 0.00000484. The minimum atomic E-state index is -0.955. The highest BCUT2D eigenvalue weighted by Gasteiger charge is 2.19. The first kappa shape index (κ1) is 22.1. The number of carbonyl (C=O) groups excluding carboxylic acids is 1. The van der Waals surface area contributed by atoms with Crippen LogP contribution in [0.1, 0.15) is 26.3 Å². The standard InChI is InChI=1S/C16H26N2O3S.ClH/c1-16(2,3)22(20)12-13-6-5-7-14(10-13)18-15(19)11-17-8-9-21-4;/h5-7,10,17H,8-9,11-12H2,1-4H3,(H,18,19);1H. The molecule has 0 fully saturated rings. The molecule has 0 radical (unpaired) electrons. The second-order valence-electron chi connectivity index (χ2n) is 6.02. The van der Waals surface area contributed by atoms with E-state index in [9.17, 15) is 9.00 Å². The van der Waals surface area contributed by atoms with Crippen molar-refractivity contribution < 1.29 is 13.7 Å². The van der Waals surface area contributed by atoms with Gasteiger partial charge in [-0.05, 0) is 38.5 Å². The maximum absolute atomic E-state index is 12.2. The second kappa shape index (κ2) is 10.8. The number of halogens is 1. The number of hydrogen-bond donors (Lipinski definition) is 2. The third-order valence-corrected chi connectivity index (χ3v) is 4.92. The maximum Gasteiger partial charge on any atom is 0.238 e. The predicted molar refractivity (Wildman–Crippen MR) is 98.7 cm³/mol. The molecule has 0 heterocycles. The van der Waals surface area contributed by atoms with Crippen LogP contribution in [0.3, 0.4) is 0 Å². The summed E-state index contributed by atoms with van der Waals surface area (Å²) >= 11 is 0. The van der Waals surface area contributed by atoms with Crippen LogP contribution in [0.15, 0.2) is 24.3 Å². The van der Waals surface area contributed by atoms with Gasteiger partial charge in [-0.2, -0.15) is 0 Å². The lowest BCUT2D eigenvalue weighted by Crippen LogP contribution is -2.30. The van der Waals surface area contributed by atoms with Crippen LogP contribution in [0.4, 0.5) is 5.69 Å². The van der Waals surface area contributed by atoms with Crippen molar-refractivity contribution in [1.29, 1.82) is 0 Å². The Hall–Kier alpha value is -0.950. The molecule has 0 saturated carbocycles. The Labute approximate surface area is 147 Å². The molecule has 0 aliphatic carbocycles. The Morgan fingerprint density at radius 3 is 2.61 bits per heavy atom. The van der Waals surface area contributed by atoms with Crippen molar-refractivity contribution in [2.75, 3.05) is 32.1 Å². The molecule has 0 bridgehead atoms. The molecule has 1 atom stereocenters. The number of carbonyl (C=O) groups is 1. The molecule has 23 heavy (non-hydrogen) atoms. The third kappa shape index (κ3) is 9.05. The molecule has 0 spiro atoms. The van der Waals surface area contributed by atoms with Gasteiger partial charge >= 0.3 is 0 Å². The molecule has 1 amide bonds. The number of nitrogens with one attached hydrogen (secondary N) is 2. The van der Waals surface area contributed by atoms with E-state index >= 15 is 0 Å². The van der Waals surface area contributed by atoms with E-state index in [1.165, 1.54) is 0 Å². The average Bonchev–Trinajstić information content (AvgIpc) is 2.43. The van der Waals surface area contributed by atoms with Crippen LogP contribution in [0.2, 0.25) is 0 Å². The summed E-state index contributed by atoms with van der Waals surface area (Å²) in [6.07, 6.45) is 0. The maximum atomic E-state index is 12.2. The number of amides is 1. The number of methoxy groups -OCH3 is 1. The average molecular weight is 363 g/mol. The van der Waals surface area contributed by atoms with Crippen LogP contribution in [-0.2, 0) is 26.1 Å². The first-order valence-corrected chi connectivity index (χ1v) is 8.62. The molecular weight excluding hydrogens is 336 g/mol. The minimum absolute atomic E-state index is 0. The Morgan fingerprint density at radius 2 is 2.00 bits per heavy atom. The number of hydrogen-bond acceptors (Lipinski definition) is 4. The summed E-state index contributed by atoms with van der Waals surface area (Å²) in [7, 11) is 0.664. The fraction of sp³-hybridized carbons (Fsp3) is 0.562. The highest BCUT2D eigenvalue weighted by Crippen LogP contribution is 2.18. The summed E-state index contributed by atoms with van der Waals surface area (Å²) in [5.41, 5.74) is 1.68. The van der Waals surface area contributed by atoms with Crippen molar-refractivity contribution in [3.8, 4) is 0 Å². The van der Waals surface area contributed by atoms with Gasteiger partial charge in [0.25, 0.3) is 0 Å². The highest BCUT2D eigenvalue weighted by molar-refractivity contribution is 7.85. The molecule has 1 aromatic rings. The summed E-state index contributed by atoms with van der Waals surface area (Å²) in [5, 5.41) is 5.82. The summed E-state index contributed by atoms with van der Waals surface area (Å²) in [4.78, 5) is 11.8. The zero-order valence-electron chi connectivity index (χ0n) is 14.2. The fourth-order valence-electron chi connectivity index (χ4n) is 1.69. The molecule has 0 saturated heterocycles. The van der Waals surface area contributed by atoms with Gasteiger partial charge in [-0.15, -0.1) is 12.4 Å². The fourth-order valence-corrected chi connectivity index (χ4v) is 2.60. The van der Waals surface area contributed by atoms with Gasteiger partial charge in [0.15, 0.2) is 0 Å². The molecule has 7 heteroatoms. The molecule has 1 unspecified atom stereocenters. The van der Waals surface area contributed by atoms with Crippen LogP contribution >= 0.6 is 12.4 Å². The predicted octanol–water partition coefficient (Wildman–Crippen LogP) is 2.33. The van der Waals surface area contributed by atoms with Crippen LogP contribution in [0.25, 0.3) is 0 Å². The summed E-state index contributed by atoms with van der Waals surface area (Å²) < 4.78 is 16.8. The van der Waals surface area contributed by atoms with Crippen LogP contribution in [-0.4, -0.2) is 41.7 Å². The molecule has 132 valence electrons. The van der Waals surface area contributed by atoms with Gasteiger partial charge in [-0.25, -0.2) is 0 Å². The third-order valence-electron chi connectivity index (χ3n) is 2.96. The van der Waals surface area contributed by atoms with Gasteiger partial charge in [-0.1, -0.05) is 12.1 Å². The number of ether oxygens (including phenoxy) is 1. The van der Waals surface area contributed by atoms with Gasteiger partial charge in [0.2, 0.25) is 5.91 Å². The molecular formula is C16H27ClN2O3S. The lowest BCUT2D eigenvalue weighted by atomic mass is 10.2. The topological polar surface area (TPSA) is 67.4 Å².